The van der Waals surface area contributed by atoms with E-state index in [1.807, 2.05) is 12.1 Å². The first-order valence-electron chi connectivity index (χ1n) is 5.86. The van der Waals surface area contributed by atoms with Crippen molar-refractivity contribution in [3.05, 3.63) is 34.3 Å². The molecule has 0 radical (unpaired) electrons. The number of benzene rings is 1. The topological polar surface area (TPSA) is 23.5 Å². The van der Waals surface area contributed by atoms with Crippen molar-refractivity contribution < 1.29 is 5.11 Å². The number of β-amino-alcohol motifs (C(OH)–C–C–N with tert-alkyl or cyclic N) is 1. The number of aliphatic hydroxyl groups excluding tert-OH is 1. The molecule has 1 aliphatic rings. The number of likely N-dealkylation sites (tertiary alicyclic amines) is 1. The molecule has 0 aliphatic carbocycles. The first-order chi connectivity index (χ1) is 7.70. The fraction of sp³-hybridized carbons (Fsp3) is 0.538. The Balaban J connectivity index is 2.08. The van der Waals surface area contributed by atoms with E-state index in [0.717, 1.165) is 30.5 Å². The van der Waals surface area contributed by atoms with Gasteiger partial charge in [-0.3, -0.25) is 0 Å². The van der Waals surface area contributed by atoms with Crippen LogP contribution in [0.5, 0.6) is 0 Å². The second-order valence-corrected chi connectivity index (χ2v) is 5.32. The van der Waals surface area contributed by atoms with Gasteiger partial charge in [0, 0.05) is 16.9 Å². The molecule has 2 atom stereocenters. The van der Waals surface area contributed by atoms with E-state index in [4.69, 9.17) is 0 Å². The zero-order chi connectivity index (χ0) is 11.5. The van der Waals surface area contributed by atoms with Crippen molar-refractivity contribution in [3.63, 3.8) is 0 Å². The van der Waals surface area contributed by atoms with Gasteiger partial charge in [0.1, 0.15) is 0 Å². The summed E-state index contributed by atoms with van der Waals surface area (Å²) in [7, 11) is 0. The predicted molar refractivity (Wildman–Crippen MR) is 69.6 cm³/mol. The van der Waals surface area contributed by atoms with Crippen LogP contribution in [-0.2, 0) is 0 Å². The fourth-order valence-corrected chi connectivity index (χ4v) is 2.65. The molecule has 0 saturated carbocycles. The summed E-state index contributed by atoms with van der Waals surface area (Å²) < 4.78 is 1.09. The molecule has 1 aromatic carbocycles. The molecule has 0 unspecified atom stereocenters. The van der Waals surface area contributed by atoms with E-state index in [2.05, 4.69) is 39.9 Å². The van der Waals surface area contributed by atoms with Crippen LogP contribution in [0.2, 0.25) is 0 Å². The van der Waals surface area contributed by atoms with Crippen LogP contribution in [0, 0.1) is 0 Å². The van der Waals surface area contributed by atoms with Gasteiger partial charge in [0.15, 0.2) is 0 Å². The Morgan fingerprint density at radius 2 is 2.06 bits per heavy atom. The molecule has 0 spiro atoms. The second kappa shape index (κ2) is 5.30. The van der Waals surface area contributed by atoms with Gasteiger partial charge in [-0.05, 0) is 37.2 Å². The standard InChI is InChI=1S/C13H18BrNO/c1-2-15-8-7-12(13(16)9-15)10-3-5-11(14)6-4-10/h3-6,12-13,16H,2,7-9H2,1H3/t12-,13+/m0/s1. The number of hydrogen-bond donors (Lipinski definition) is 1. The summed E-state index contributed by atoms with van der Waals surface area (Å²) >= 11 is 3.43. The molecule has 1 fully saturated rings. The normalized spacial score (nSPS) is 26.9. The van der Waals surface area contributed by atoms with Gasteiger partial charge in [0.2, 0.25) is 0 Å². The number of piperidine rings is 1. The molecule has 88 valence electrons. The molecule has 3 heteroatoms. The van der Waals surface area contributed by atoms with Gasteiger partial charge in [-0.15, -0.1) is 0 Å². The second-order valence-electron chi connectivity index (χ2n) is 4.41. The number of halogens is 1. The third-order valence-corrected chi connectivity index (χ3v) is 3.94. The van der Waals surface area contributed by atoms with Crippen LogP contribution in [0.4, 0.5) is 0 Å². The molecule has 1 heterocycles. The minimum Gasteiger partial charge on any atom is -0.391 e. The SMILES string of the molecule is CCN1CC[C@@H](c2ccc(Br)cc2)[C@H](O)C1. The van der Waals surface area contributed by atoms with Crippen molar-refractivity contribution in [3.8, 4) is 0 Å². The number of aliphatic hydroxyl groups is 1. The highest BCUT2D eigenvalue weighted by molar-refractivity contribution is 9.10. The number of nitrogens with zero attached hydrogens (tertiary/aromatic N) is 1. The first-order valence-corrected chi connectivity index (χ1v) is 6.66. The molecule has 1 saturated heterocycles. The minimum atomic E-state index is -0.227. The summed E-state index contributed by atoms with van der Waals surface area (Å²) in [5.41, 5.74) is 1.26. The van der Waals surface area contributed by atoms with Crippen LogP contribution in [0.25, 0.3) is 0 Å². The van der Waals surface area contributed by atoms with Crippen LogP contribution < -0.4 is 0 Å². The highest BCUT2D eigenvalue weighted by Gasteiger charge is 2.27. The Labute approximate surface area is 105 Å². The largest absolute Gasteiger partial charge is 0.391 e. The van der Waals surface area contributed by atoms with Crippen LogP contribution >= 0.6 is 15.9 Å². The van der Waals surface area contributed by atoms with E-state index in [0.29, 0.717) is 5.92 Å². The van der Waals surface area contributed by atoms with Crippen molar-refractivity contribution in [2.24, 2.45) is 0 Å². The average Bonchev–Trinajstić information content (AvgIpc) is 2.30. The summed E-state index contributed by atoms with van der Waals surface area (Å²) in [5.74, 6) is 0.302. The van der Waals surface area contributed by atoms with E-state index in [9.17, 15) is 5.11 Å². The van der Waals surface area contributed by atoms with E-state index in [-0.39, 0.29) is 6.10 Å². The Kier molecular flexibility index (Phi) is 4.00. The van der Waals surface area contributed by atoms with Crippen molar-refractivity contribution in [2.75, 3.05) is 19.6 Å². The lowest BCUT2D eigenvalue weighted by atomic mass is 9.87. The zero-order valence-electron chi connectivity index (χ0n) is 9.56. The molecule has 0 aromatic heterocycles. The Bertz CT molecular complexity index is 338. The molecule has 2 rings (SSSR count). The van der Waals surface area contributed by atoms with Gasteiger partial charge in [-0.25, -0.2) is 0 Å². The van der Waals surface area contributed by atoms with Crippen molar-refractivity contribution >= 4 is 15.9 Å². The summed E-state index contributed by atoms with van der Waals surface area (Å²) in [6.07, 6.45) is 0.825. The van der Waals surface area contributed by atoms with Gasteiger partial charge < -0.3 is 10.0 Å². The van der Waals surface area contributed by atoms with Crippen LogP contribution in [0.1, 0.15) is 24.8 Å². The lowest BCUT2D eigenvalue weighted by Crippen LogP contribution is -2.42. The molecule has 1 aromatic rings. The van der Waals surface area contributed by atoms with Gasteiger partial charge in [0.25, 0.3) is 0 Å². The average molecular weight is 284 g/mol. The van der Waals surface area contributed by atoms with E-state index in [1.54, 1.807) is 0 Å². The van der Waals surface area contributed by atoms with Crippen LogP contribution in [-0.4, -0.2) is 35.7 Å². The van der Waals surface area contributed by atoms with Gasteiger partial charge >= 0.3 is 0 Å². The van der Waals surface area contributed by atoms with Gasteiger partial charge in [-0.2, -0.15) is 0 Å². The smallest absolute Gasteiger partial charge is 0.0735 e. The summed E-state index contributed by atoms with van der Waals surface area (Å²) in [6, 6.07) is 8.32. The molecular formula is C13H18BrNO. The summed E-state index contributed by atoms with van der Waals surface area (Å²) in [6.45, 7) is 5.07. The molecule has 1 N–H and O–H groups in total. The first kappa shape index (κ1) is 12.1. The Morgan fingerprint density at radius 3 is 2.62 bits per heavy atom. The summed E-state index contributed by atoms with van der Waals surface area (Å²) in [4.78, 5) is 2.31. The van der Waals surface area contributed by atoms with Crippen molar-refractivity contribution in [2.45, 2.75) is 25.4 Å². The maximum atomic E-state index is 10.1. The lowest BCUT2D eigenvalue weighted by molar-refractivity contribution is 0.0539. The molecule has 0 amide bonds. The third-order valence-electron chi connectivity index (χ3n) is 3.41. The van der Waals surface area contributed by atoms with E-state index >= 15 is 0 Å². The quantitative estimate of drug-likeness (QED) is 0.902. The summed E-state index contributed by atoms with van der Waals surface area (Å²) in [5, 5.41) is 10.1. The van der Waals surface area contributed by atoms with Crippen LogP contribution in [0.15, 0.2) is 28.7 Å². The van der Waals surface area contributed by atoms with E-state index in [1.165, 1.54) is 5.56 Å². The zero-order valence-corrected chi connectivity index (χ0v) is 11.2. The van der Waals surface area contributed by atoms with Gasteiger partial charge in [-0.1, -0.05) is 35.0 Å². The Hall–Kier alpha value is -0.380. The maximum Gasteiger partial charge on any atom is 0.0735 e. The number of likely N-dealkylation sites (N-methyl/N-ethyl adjacent to an activating group) is 1. The molecule has 0 bridgehead atoms. The lowest BCUT2D eigenvalue weighted by Gasteiger charge is -2.35. The van der Waals surface area contributed by atoms with Crippen LogP contribution in [0.3, 0.4) is 0 Å². The van der Waals surface area contributed by atoms with E-state index < -0.39 is 0 Å². The highest BCUT2D eigenvalue weighted by Crippen LogP contribution is 2.29. The number of hydrogen-bond acceptors (Lipinski definition) is 2. The van der Waals surface area contributed by atoms with Crippen molar-refractivity contribution in [1.29, 1.82) is 0 Å². The number of rotatable bonds is 2. The molecule has 16 heavy (non-hydrogen) atoms. The predicted octanol–water partition coefficient (Wildman–Crippen LogP) is 2.62. The third kappa shape index (κ3) is 2.65. The molecular weight excluding hydrogens is 266 g/mol. The monoisotopic (exact) mass is 283 g/mol. The minimum absolute atomic E-state index is 0.227. The fourth-order valence-electron chi connectivity index (χ4n) is 2.38. The molecule has 1 aliphatic heterocycles. The molecule has 2 nitrogen and oxygen atoms in total. The van der Waals surface area contributed by atoms with Gasteiger partial charge in [0.05, 0.1) is 6.10 Å². The highest BCUT2D eigenvalue weighted by atomic mass is 79.9. The maximum absolute atomic E-state index is 10.1. The Morgan fingerprint density at radius 1 is 1.38 bits per heavy atom. The van der Waals surface area contributed by atoms with Crippen molar-refractivity contribution in [1.82, 2.24) is 4.90 Å².